The highest BCUT2D eigenvalue weighted by Crippen LogP contribution is 2.28. The lowest BCUT2D eigenvalue weighted by atomic mass is 10.2. The van der Waals surface area contributed by atoms with Crippen molar-refractivity contribution in [3.63, 3.8) is 0 Å². The Labute approximate surface area is 176 Å². The molecule has 0 radical (unpaired) electrons. The first-order valence-electron chi connectivity index (χ1n) is 10.5. The van der Waals surface area contributed by atoms with E-state index in [1.807, 2.05) is 23.1 Å². The van der Waals surface area contributed by atoms with Crippen LogP contribution < -0.4 is 9.80 Å². The first kappa shape index (κ1) is 18.8. The van der Waals surface area contributed by atoms with Gasteiger partial charge in [0.2, 0.25) is 5.95 Å². The summed E-state index contributed by atoms with van der Waals surface area (Å²) in [6.07, 6.45) is 4.23. The smallest absolute Gasteiger partial charge is 0.261 e. The largest absolute Gasteiger partial charge is 0.338 e. The molecule has 30 heavy (non-hydrogen) atoms. The molecule has 2 aliphatic rings. The second-order valence-corrected chi connectivity index (χ2v) is 7.86. The van der Waals surface area contributed by atoms with Gasteiger partial charge in [0.15, 0.2) is 0 Å². The van der Waals surface area contributed by atoms with E-state index in [1.54, 1.807) is 12.4 Å². The van der Waals surface area contributed by atoms with Crippen LogP contribution in [0.3, 0.4) is 0 Å². The van der Waals surface area contributed by atoms with E-state index >= 15 is 0 Å². The number of rotatable bonds is 4. The first-order valence-corrected chi connectivity index (χ1v) is 10.5. The van der Waals surface area contributed by atoms with Gasteiger partial charge in [-0.25, -0.2) is 9.97 Å². The number of hydrogen-bond donors (Lipinski definition) is 0. The fourth-order valence-corrected chi connectivity index (χ4v) is 4.25. The SMILES string of the molecule is O=C(c1cnc(N2CCN(Cc3ccccc3)CC2)nc1)N1CCc2ccccc21. The van der Waals surface area contributed by atoms with Crippen molar-refractivity contribution in [3.05, 3.63) is 83.7 Å². The van der Waals surface area contributed by atoms with E-state index in [2.05, 4.69) is 56.2 Å². The third-order valence-electron chi connectivity index (χ3n) is 5.92. The van der Waals surface area contributed by atoms with Crippen LogP contribution in [0, 0.1) is 0 Å². The van der Waals surface area contributed by atoms with Gasteiger partial charge >= 0.3 is 0 Å². The van der Waals surface area contributed by atoms with E-state index < -0.39 is 0 Å². The topological polar surface area (TPSA) is 52.6 Å². The Kier molecular flexibility index (Phi) is 5.15. The minimum Gasteiger partial charge on any atom is -0.338 e. The van der Waals surface area contributed by atoms with Gasteiger partial charge in [-0.2, -0.15) is 0 Å². The van der Waals surface area contributed by atoms with E-state index in [4.69, 9.17) is 0 Å². The summed E-state index contributed by atoms with van der Waals surface area (Å²) in [7, 11) is 0. The first-order chi connectivity index (χ1) is 14.8. The molecule has 5 rings (SSSR count). The lowest BCUT2D eigenvalue weighted by Crippen LogP contribution is -2.46. The molecule has 3 heterocycles. The number of hydrogen-bond acceptors (Lipinski definition) is 5. The molecule has 6 heteroatoms. The highest BCUT2D eigenvalue weighted by molar-refractivity contribution is 6.06. The van der Waals surface area contributed by atoms with Crippen molar-refractivity contribution in [2.24, 2.45) is 0 Å². The van der Waals surface area contributed by atoms with E-state index in [-0.39, 0.29) is 5.91 Å². The van der Waals surface area contributed by atoms with Gasteiger partial charge in [-0.1, -0.05) is 48.5 Å². The van der Waals surface area contributed by atoms with Gasteiger partial charge in [0.1, 0.15) is 0 Å². The van der Waals surface area contributed by atoms with Gasteiger partial charge in [-0.3, -0.25) is 9.69 Å². The molecule has 0 unspecified atom stereocenters. The summed E-state index contributed by atoms with van der Waals surface area (Å²) in [6.45, 7) is 5.41. The van der Waals surface area contributed by atoms with E-state index in [0.717, 1.165) is 44.8 Å². The molecule has 0 atom stereocenters. The fraction of sp³-hybridized carbons (Fsp3) is 0.292. The van der Waals surface area contributed by atoms with Crippen molar-refractivity contribution < 1.29 is 4.79 Å². The maximum Gasteiger partial charge on any atom is 0.261 e. The highest BCUT2D eigenvalue weighted by atomic mass is 16.2. The predicted molar refractivity (Wildman–Crippen MR) is 118 cm³/mol. The zero-order valence-electron chi connectivity index (χ0n) is 16.9. The molecular weight excluding hydrogens is 374 g/mol. The Morgan fingerprint density at radius 2 is 1.53 bits per heavy atom. The van der Waals surface area contributed by atoms with Gasteiger partial charge in [-0.15, -0.1) is 0 Å². The molecular formula is C24H25N5O. The molecule has 1 aromatic heterocycles. The van der Waals surface area contributed by atoms with Crippen molar-refractivity contribution in [2.45, 2.75) is 13.0 Å². The van der Waals surface area contributed by atoms with E-state index in [1.165, 1.54) is 11.1 Å². The van der Waals surface area contributed by atoms with Gasteiger partial charge < -0.3 is 9.80 Å². The molecule has 1 amide bonds. The molecule has 0 aliphatic carbocycles. The van der Waals surface area contributed by atoms with Gasteiger partial charge in [-0.05, 0) is 23.6 Å². The molecule has 3 aromatic rings. The molecule has 0 N–H and O–H groups in total. The molecule has 0 spiro atoms. The maximum absolute atomic E-state index is 12.9. The zero-order chi connectivity index (χ0) is 20.3. The average molecular weight is 399 g/mol. The molecule has 1 fully saturated rings. The zero-order valence-corrected chi connectivity index (χ0v) is 16.9. The minimum absolute atomic E-state index is 0.0285. The maximum atomic E-state index is 12.9. The summed E-state index contributed by atoms with van der Waals surface area (Å²) in [6, 6.07) is 18.6. The summed E-state index contributed by atoms with van der Waals surface area (Å²) < 4.78 is 0. The van der Waals surface area contributed by atoms with Crippen molar-refractivity contribution in [1.82, 2.24) is 14.9 Å². The van der Waals surface area contributed by atoms with Crippen LogP contribution in [0.5, 0.6) is 0 Å². The summed E-state index contributed by atoms with van der Waals surface area (Å²) in [5, 5.41) is 0. The third-order valence-corrected chi connectivity index (χ3v) is 5.92. The summed E-state index contributed by atoms with van der Waals surface area (Å²) in [5.41, 5.74) is 4.10. The number of benzene rings is 2. The highest BCUT2D eigenvalue weighted by Gasteiger charge is 2.26. The summed E-state index contributed by atoms with van der Waals surface area (Å²) >= 11 is 0. The lowest BCUT2D eigenvalue weighted by molar-refractivity contribution is 0.0988. The molecule has 0 bridgehead atoms. The van der Waals surface area contributed by atoms with Crippen molar-refractivity contribution in [3.8, 4) is 0 Å². The molecule has 2 aromatic carbocycles. The number of piperazine rings is 1. The lowest BCUT2D eigenvalue weighted by Gasteiger charge is -2.34. The van der Waals surface area contributed by atoms with Gasteiger partial charge in [0.25, 0.3) is 5.91 Å². The standard InChI is InChI=1S/C24H25N5O/c30-23(29-11-10-20-8-4-5-9-22(20)29)21-16-25-24(26-17-21)28-14-12-27(13-15-28)18-19-6-2-1-3-7-19/h1-9,16-17H,10-15,18H2. The van der Waals surface area contributed by atoms with Crippen LogP contribution >= 0.6 is 0 Å². The molecule has 1 saturated heterocycles. The van der Waals surface area contributed by atoms with Gasteiger partial charge in [0.05, 0.1) is 5.56 Å². The van der Waals surface area contributed by atoms with Crippen LogP contribution in [0.25, 0.3) is 0 Å². The average Bonchev–Trinajstić information content (AvgIpc) is 3.24. The predicted octanol–water partition coefficient (Wildman–Crippen LogP) is 3.00. The van der Waals surface area contributed by atoms with Crippen molar-refractivity contribution in [2.75, 3.05) is 42.5 Å². The Morgan fingerprint density at radius 1 is 0.833 bits per heavy atom. The molecule has 6 nitrogen and oxygen atoms in total. The Morgan fingerprint density at radius 3 is 2.30 bits per heavy atom. The van der Waals surface area contributed by atoms with Crippen LogP contribution in [-0.2, 0) is 13.0 Å². The third kappa shape index (κ3) is 3.78. The summed E-state index contributed by atoms with van der Waals surface area (Å²) in [5.74, 6) is 0.673. The Hall–Kier alpha value is -3.25. The van der Waals surface area contributed by atoms with Crippen LogP contribution in [-0.4, -0.2) is 53.5 Å². The van der Waals surface area contributed by atoms with Gasteiger partial charge in [0, 0.05) is 57.3 Å². The number of amides is 1. The number of para-hydroxylation sites is 1. The van der Waals surface area contributed by atoms with E-state index in [9.17, 15) is 4.79 Å². The number of anilines is 2. The monoisotopic (exact) mass is 399 g/mol. The molecule has 0 saturated carbocycles. The minimum atomic E-state index is -0.0285. The number of carbonyl (C=O) groups excluding carboxylic acids is 1. The number of nitrogens with zero attached hydrogens (tertiary/aromatic N) is 5. The second-order valence-electron chi connectivity index (χ2n) is 7.86. The molecule has 2 aliphatic heterocycles. The number of carbonyl (C=O) groups is 1. The van der Waals surface area contributed by atoms with Crippen molar-refractivity contribution in [1.29, 1.82) is 0 Å². The number of aromatic nitrogens is 2. The number of fused-ring (bicyclic) bond motifs is 1. The summed E-state index contributed by atoms with van der Waals surface area (Å²) in [4.78, 5) is 28.4. The van der Waals surface area contributed by atoms with Crippen LogP contribution in [0.15, 0.2) is 67.0 Å². The Bertz CT molecular complexity index is 1010. The quantitative estimate of drug-likeness (QED) is 0.675. The Balaban J connectivity index is 1.20. The van der Waals surface area contributed by atoms with Crippen LogP contribution in [0.2, 0.25) is 0 Å². The fourth-order valence-electron chi connectivity index (χ4n) is 4.25. The van der Waals surface area contributed by atoms with Crippen LogP contribution in [0.1, 0.15) is 21.5 Å². The molecule has 152 valence electrons. The normalized spacial score (nSPS) is 16.5. The second kappa shape index (κ2) is 8.24. The van der Waals surface area contributed by atoms with Crippen molar-refractivity contribution >= 4 is 17.5 Å². The van der Waals surface area contributed by atoms with Crippen LogP contribution in [0.4, 0.5) is 11.6 Å². The van der Waals surface area contributed by atoms with E-state index in [0.29, 0.717) is 18.1 Å².